The largest absolute Gasteiger partial charge is 0.481 e. The van der Waals surface area contributed by atoms with Gasteiger partial charge in [-0.05, 0) is 25.7 Å². The Morgan fingerprint density at radius 3 is 2.77 bits per heavy atom. The topological polar surface area (TPSA) is 49.3 Å². The monoisotopic (exact) mass is 185 g/mol. The highest BCUT2D eigenvalue weighted by atomic mass is 16.4. The molecule has 1 fully saturated rings. The smallest absolute Gasteiger partial charge is 0.304 e. The van der Waals surface area contributed by atoms with Crippen LogP contribution in [-0.2, 0) is 4.79 Å². The molecule has 1 aliphatic rings. The molecule has 0 bridgehead atoms. The zero-order valence-corrected chi connectivity index (χ0v) is 8.42. The number of aliphatic carboxylic acids is 1. The Hall–Kier alpha value is -0.570. The first-order valence-electron chi connectivity index (χ1n) is 5.07. The van der Waals surface area contributed by atoms with Crippen molar-refractivity contribution in [1.82, 2.24) is 5.32 Å². The third-order valence-electron chi connectivity index (χ3n) is 2.84. The number of rotatable bonds is 4. The van der Waals surface area contributed by atoms with Crippen LogP contribution in [0, 0.1) is 5.92 Å². The van der Waals surface area contributed by atoms with Crippen molar-refractivity contribution in [2.45, 2.75) is 51.6 Å². The lowest BCUT2D eigenvalue weighted by Gasteiger charge is -2.21. The first kappa shape index (κ1) is 10.5. The molecule has 13 heavy (non-hydrogen) atoms. The Bertz CT molecular complexity index is 182. The van der Waals surface area contributed by atoms with E-state index in [4.69, 9.17) is 5.11 Å². The number of carboxylic acids is 1. The number of hydrogen-bond donors (Lipinski definition) is 2. The predicted molar refractivity (Wildman–Crippen MR) is 51.7 cm³/mol. The third-order valence-corrected chi connectivity index (χ3v) is 2.84. The van der Waals surface area contributed by atoms with Crippen molar-refractivity contribution in [3.05, 3.63) is 0 Å². The molecule has 0 heterocycles. The van der Waals surface area contributed by atoms with Gasteiger partial charge in [-0.15, -0.1) is 0 Å². The summed E-state index contributed by atoms with van der Waals surface area (Å²) >= 11 is 0. The second-order valence-corrected chi connectivity index (χ2v) is 4.18. The van der Waals surface area contributed by atoms with Gasteiger partial charge in [0, 0.05) is 12.1 Å². The molecule has 76 valence electrons. The van der Waals surface area contributed by atoms with E-state index in [1.54, 1.807) is 0 Å². The summed E-state index contributed by atoms with van der Waals surface area (Å²) in [4.78, 5) is 10.4. The highest BCUT2D eigenvalue weighted by Gasteiger charge is 2.24. The Kier molecular flexibility index (Phi) is 3.72. The molecule has 1 rings (SSSR count). The van der Waals surface area contributed by atoms with Crippen LogP contribution in [0.2, 0.25) is 0 Å². The standard InChI is InChI=1S/C10H19NO2/c1-7-4-3-5-9(7)11-8(2)6-10(12)13/h7-9,11H,3-6H2,1-2H3,(H,12,13). The van der Waals surface area contributed by atoms with Crippen molar-refractivity contribution in [3.63, 3.8) is 0 Å². The molecule has 3 unspecified atom stereocenters. The van der Waals surface area contributed by atoms with Crippen molar-refractivity contribution >= 4 is 5.97 Å². The average molecular weight is 185 g/mol. The van der Waals surface area contributed by atoms with E-state index in [0.717, 1.165) is 0 Å². The van der Waals surface area contributed by atoms with Gasteiger partial charge in [0.25, 0.3) is 0 Å². The van der Waals surface area contributed by atoms with Gasteiger partial charge in [-0.3, -0.25) is 4.79 Å². The maximum atomic E-state index is 10.4. The summed E-state index contributed by atoms with van der Waals surface area (Å²) in [6.07, 6.45) is 3.98. The molecule has 1 saturated carbocycles. The first-order chi connectivity index (χ1) is 6.09. The van der Waals surface area contributed by atoms with Gasteiger partial charge >= 0.3 is 5.97 Å². The summed E-state index contributed by atoms with van der Waals surface area (Å²) in [5.74, 6) is -0.0121. The van der Waals surface area contributed by atoms with E-state index < -0.39 is 5.97 Å². The van der Waals surface area contributed by atoms with E-state index in [1.807, 2.05) is 6.92 Å². The van der Waals surface area contributed by atoms with Crippen LogP contribution in [0.5, 0.6) is 0 Å². The molecule has 0 aromatic carbocycles. The van der Waals surface area contributed by atoms with Gasteiger partial charge in [0.1, 0.15) is 0 Å². The SMILES string of the molecule is CC(CC(=O)O)NC1CCCC1C. The lowest BCUT2D eigenvalue weighted by molar-refractivity contribution is -0.137. The maximum absolute atomic E-state index is 10.4. The van der Waals surface area contributed by atoms with E-state index in [0.29, 0.717) is 12.0 Å². The minimum atomic E-state index is -0.717. The molecule has 0 spiro atoms. The van der Waals surface area contributed by atoms with Gasteiger partial charge in [-0.25, -0.2) is 0 Å². The van der Waals surface area contributed by atoms with Crippen molar-refractivity contribution in [3.8, 4) is 0 Å². The lowest BCUT2D eigenvalue weighted by Crippen LogP contribution is -2.39. The summed E-state index contributed by atoms with van der Waals surface area (Å²) in [5.41, 5.74) is 0. The number of nitrogens with one attached hydrogen (secondary N) is 1. The van der Waals surface area contributed by atoms with Gasteiger partial charge < -0.3 is 10.4 Å². The second kappa shape index (κ2) is 4.61. The zero-order chi connectivity index (χ0) is 9.84. The lowest BCUT2D eigenvalue weighted by atomic mass is 10.1. The predicted octanol–water partition coefficient (Wildman–Crippen LogP) is 1.63. The first-order valence-corrected chi connectivity index (χ1v) is 5.07. The molecule has 0 saturated heterocycles. The third kappa shape index (κ3) is 3.35. The van der Waals surface area contributed by atoms with Crippen LogP contribution in [0.25, 0.3) is 0 Å². The van der Waals surface area contributed by atoms with Crippen molar-refractivity contribution in [2.24, 2.45) is 5.92 Å². The molecule has 3 nitrogen and oxygen atoms in total. The Balaban J connectivity index is 2.26. The molecular formula is C10H19NO2. The van der Waals surface area contributed by atoms with Crippen LogP contribution in [0.15, 0.2) is 0 Å². The molecule has 3 atom stereocenters. The van der Waals surface area contributed by atoms with Crippen molar-refractivity contribution in [2.75, 3.05) is 0 Å². The molecule has 0 aromatic rings. The summed E-state index contributed by atoms with van der Waals surface area (Å²) in [5, 5.41) is 12.0. The summed E-state index contributed by atoms with van der Waals surface area (Å²) < 4.78 is 0. The van der Waals surface area contributed by atoms with E-state index in [9.17, 15) is 4.79 Å². The Morgan fingerprint density at radius 1 is 1.62 bits per heavy atom. The number of carboxylic acid groups (broad SMARTS) is 1. The van der Waals surface area contributed by atoms with E-state index in [1.165, 1.54) is 19.3 Å². The molecule has 0 radical (unpaired) electrons. The van der Waals surface area contributed by atoms with Gasteiger partial charge in [0.15, 0.2) is 0 Å². The molecule has 0 aromatic heterocycles. The summed E-state index contributed by atoms with van der Waals surface area (Å²) in [6, 6.07) is 0.636. The quantitative estimate of drug-likeness (QED) is 0.700. The fourth-order valence-corrected chi connectivity index (χ4v) is 2.08. The highest BCUT2D eigenvalue weighted by molar-refractivity contribution is 5.67. The van der Waals surface area contributed by atoms with Crippen molar-refractivity contribution in [1.29, 1.82) is 0 Å². The molecule has 0 amide bonds. The average Bonchev–Trinajstić information content (AvgIpc) is 2.34. The van der Waals surface area contributed by atoms with Crippen LogP contribution in [0.3, 0.4) is 0 Å². The van der Waals surface area contributed by atoms with Crippen LogP contribution >= 0.6 is 0 Å². The molecule has 3 heteroatoms. The van der Waals surface area contributed by atoms with Gasteiger partial charge in [0.05, 0.1) is 6.42 Å². The fourth-order valence-electron chi connectivity index (χ4n) is 2.08. The van der Waals surface area contributed by atoms with Gasteiger partial charge in [0.2, 0.25) is 0 Å². The van der Waals surface area contributed by atoms with Crippen LogP contribution in [0.4, 0.5) is 0 Å². The van der Waals surface area contributed by atoms with Crippen LogP contribution < -0.4 is 5.32 Å². The molecular weight excluding hydrogens is 166 g/mol. The van der Waals surface area contributed by atoms with E-state index in [2.05, 4.69) is 12.2 Å². The minimum Gasteiger partial charge on any atom is -0.481 e. The fraction of sp³-hybridized carbons (Fsp3) is 0.900. The maximum Gasteiger partial charge on any atom is 0.304 e. The second-order valence-electron chi connectivity index (χ2n) is 4.18. The zero-order valence-electron chi connectivity index (χ0n) is 8.42. The van der Waals surface area contributed by atoms with Crippen molar-refractivity contribution < 1.29 is 9.90 Å². The summed E-state index contributed by atoms with van der Waals surface area (Å²) in [6.45, 7) is 4.18. The highest BCUT2D eigenvalue weighted by Crippen LogP contribution is 2.25. The minimum absolute atomic E-state index is 0.100. The molecule has 2 N–H and O–H groups in total. The Labute approximate surface area is 79.5 Å². The molecule has 1 aliphatic carbocycles. The normalized spacial score (nSPS) is 30.3. The Morgan fingerprint density at radius 2 is 2.31 bits per heavy atom. The number of carbonyl (C=O) groups is 1. The van der Waals surface area contributed by atoms with Gasteiger partial charge in [-0.1, -0.05) is 13.3 Å². The van der Waals surface area contributed by atoms with Crippen LogP contribution in [0.1, 0.15) is 39.5 Å². The molecule has 0 aliphatic heterocycles. The number of hydrogen-bond acceptors (Lipinski definition) is 2. The van der Waals surface area contributed by atoms with Gasteiger partial charge in [-0.2, -0.15) is 0 Å². The van der Waals surface area contributed by atoms with Crippen LogP contribution in [-0.4, -0.2) is 23.2 Å². The van der Waals surface area contributed by atoms with E-state index >= 15 is 0 Å². The van der Waals surface area contributed by atoms with E-state index in [-0.39, 0.29) is 12.5 Å². The summed E-state index contributed by atoms with van der Waals surface area (Å²) in [7, 11) is 0.